The second-order valence-corrected chi connectivity index (χ2v) is 8.79. The van der Waals surface area contributed by atoms with Gasteiger partial charge in [-0.2, -0.15) is 0 Å². The zero-order chi connectivity index (χ0) is 23.4. The van der Waals surface area contributed by atoms with Crippen LogP contribution in [-0.4, -0.2) is 48.7 Å². The highest BCUT2D eigenvalue weighted by Gasteiger charge is 2.36. The van der Waals surface area contributed by atoms with Crippen LogP contribution in [-0.2, 0) is 9.59 Å². The van der Waals surface area contributed by atoms with Crippen LogP contribution >= 0.6 is 11.8 Å². The zero-order valence-corrected chi connectivity index (χ0v) is 19.0. The quantitative estimate of drug-likeness (QED) is 0.628. The highest BCUT2D eigenvalue weighted by Crippen LogP contribution is 2.35. The Hall–Kier alpha value is -3.33. The highest BCUT2D eigenvalue weighted by molar-refractivity contribution is 8.18. The monoisotopic (exact) mass is 469 g/mol. The molecule has 2 aromatic carbocycles. The van der Waals surface area contributed by atoms with Crippen LogP contribution in [0.2, 0.25) is 0 Å². The Labute approximate surface area is 195 Å². The Bertz CT molecular complexity index is 1100. The number of rotatable bonds is 6. The van der Waals surface area contributed by atoms with E-state index in [4.69, 9.17) is 4.74 Å². The number of halogens is 1. The SMILES string of the molecule is COc1cc(N2CCCCC2)ccc1/C=C1\SC(=O)N(CC(=O)Nc2ccc(F)cc2)C1=O. The lowest BCUT2D eigenvalue weighted by Crippen LogP contribution is -2.36. The van der Waals surface area contributed by atoms with Crippen molar-refractivity contribution in [3.05, 3.63) is 58.8 Å². The molecule has 0 unspecified atom stereocenters. The molecule has 0 saturated carbocycles. The first kappa shape index (κ1) is 22.8. The number of nitrogens with one attached hydrogen (secondary N) is 1. The lowest BCUT2D eigenvalue weighted by Gasteiger charge is -2.29. The number of carbonyl (C=O) groups is 3. The number of methoxy groups -OCH3 is 1. The summed E-state index contributed by atoms with van der Waals surface area (Å²) in [5.74, 6) is -0.905. The van der Waals surface area contributed by atoms with Crippen molar-refractivity contribution in [1.82, 2.24) is 4.90 Å². The maximum absolute atomic E-state index is 13.0. The summed E-state index contributed by atoms with van der Waals surface area (Å²) >= 11 is 0.781. The molecule has 2 aliphatic heterocycles. The molecule has 2 heterocycles. The van der Waals surface area contributed by atoms with Crippen molar-refractivity contribution in [2.24, 2.45) is 0 Å². The Balaban J connectivity index is 1.46. The largest absolute Gasteiger partial charge is 0.496 e. The van der Waals surface area contributed by atoms with Gasteiger partial charge in [-0.05, 0) is 73.5 Å². The van der Waals surface area contributed by atoms with Gasteiger partial charge in [0.2, 0.25) is 5.91 Å². The molecular formula is C24H24FN3O4S. The topological polar surface area (TPSA) is 79.0 Å². The molecule has 0 spiro atoms. The van der Waals surface area contributed by atoms with Gasteiger partial charge in [-0.3, -0.25) is 19.3 Å². The van der Waals surface area contributed by atoms with Crippen LogP contribution in [0.3, 0.4) is 0 Å². The van der Waals surface area contributed by atoms with Crippen LogP contribution < -0.4 is 15.0 Å². The number of hydrogen-bond donors (Lipinski definition) is 1. The Morgan fingerprint density at radius 3 is 2.55 bits per heavy atom. The van der Waals surface area contributed by atoms with Gasteiger partial charge < -0.3 is 15.0 Å². The molecule has 4 rings (SSSR count). The van der Waals surface area contributed by atoms with Crippen LogP contribution in [0.15, 0.2) is 47.4 Å². The molecule has 7 nitrogen and oxygen atoms in total. The Kier molecular flexibility index (Phi) is 6.98. The molecule has 9 heteroatoms. The van der Waals surface area contributed by atoms with Crippen molar-refractivity contribution in [3.63, 3.8) is 0 Å². The summed E-state index contributed by atoms with van der Waals surface area (Å²) in [4.78, 5) is 40.9. The van der Waals surface area contributed by atoms with E-state index in [2.05, 4.69) is 10.2 Å². The third kappa shape index (κ3) is 5.36. The molecule has 0 bridgehead atoms. The fraction of sp³-hybridized carbons (Fsp3) is 0.292. The number of thioether (sulfide) groups is 1. The minimum atomic E-state index is -0.548. The number of imide groups is 1. The summed E-state index contributed by atoms with van der Waals surface area (Å²) in [5, 5.41) is 2.03. The smallest absolute Gasteiger partial charge is 0.294 e. The molecule has 2 fully saturated rings. The third-order valence-electron chi connectivity index (χ3n) is 5.53. The minimum Gasteiger partial charge on any atom is -0.496 e. The molecule has 0 atom stereocenters. The van der Waals surface area contributed by atoms with Crippen LogP contribution in [0.5, 0.6) is 5.75 Å². The van der Waals surface area contributed by atoms with E-state index >= 15 is 0 Å². The number of hydrogen-bond acceptors (Lipinski definition) is 6. The molecule has 33 heavy (non-hydrogen) atoms. The van der Waals surface area contributed by atoms with Crippen molar-refractivity contribution in [2.75, 3.05) is 37.0 Å². The van der Waals surface area contributed by atoms with Crippen LogP contribution in [0.1, 0.15) is 24.8 Å². The van der Waals surface area contributed by atoms with Gasteiger partial charge in [0.1, 0.15) is 18.1 Å². The molecule has 0 aliphatic carbocycles. The van der Waals surface area contributed by atoms with Crippen molar-refractivity contribution in [3.8, 4) is 5.75 Å². The Morgan fingerprint density at radius 2 is 1.85 bits per heavy atom. The molecule has 2 saturated heterocycles. The first-order valence-electron chi connectivity index (χ1n) is 10.7. The third-order valence-corrected chi connectivity index (χ3v) is 6.44. The van der Waals surface area contributed by atoms with E-state index < -0.39 is 29.4 Å². The summed E-state index contributed by atoms with van der Waals surface area (Å²) in [6.45, 7) is 1.58. The van der Waals surface area contributed by atoms with Gasteiger partial charge in [0, 0.05) is 36.1 Å². The highest BCUT2D eigenvalue weighted by atomic mass is 32.2. The molecule has 2 aromatic rings. The van der Waals surface area contributed by atoms with E-state index in [1.807, 2.05) is 18.2 Å². The van der Waals surface area contributed by atoms with Gasteiger partial charge in [0.05, 0.1) is 12.0 Å². The number of piperidine rings is 1. The van der Waals surface area contributed by atoms with E-state index in [9.17, 15) is 18.8 Å². The summed E-state index contributed by atoms with van der Waals surface area (Å²) in [5.41, 5.74) is 2.12. The van der Waals surface area contributed by atoms with E-state index in [1.54, 1.807) is 13.2 Å². The van der Waals surface area contributed by atoms with Gasteiger partial charge in [0.25, 0.3) is 11.1 Å². The number of ether oxygens (including phenoxy) is 1. The maximum atomic E-state index is 13.0. The predicted molar refractivity (Wildman–Crippen MR) is 127 cm³/mol. The second kappa shape index (κ2) is 10.1. The van der Waals surface area contributed by atoms with Crippen molar-refractivity contribution in [2.45, 2.75) is 19.3 Å². The van der Waals surface area contributed by atoms with Gasteiger partial charge >= 0.3 is 0 Å². The summed E-state index contributed by atoms with van der Waals surface area (Å²) in [7, 11) is 1.57. The van der Waals surface area contributed by atoms with Crippen molar-refractivity contribution in [1.29, 1.82) is 0 Å². The van der Waals surface area contributed by atoms with Crippen molar-refractivity contribution >= 4 is 46.3 Å². The number of amides is 3. The fourth-order valence-electron chi connectivity index (χ4n) is 3.82. The van der Waals surface area contributed by atoms with Crippen LogP contribution in [0, 0.1) is 5.82 Å². The predicted octanol–water partition coefficient (Wildman–Crippen LogP) is 4.50. The molecule has 1 N–H and O–H groups in total. The molecule has 0 aromatic heterocycles. The Morgan fingerprint density at radius 1 is 1.12 bits per heavy atom. The summed E-state index contributed by atoms with van der Waals surface area (Å²) in [6.07, 6.45) is 5.17. The first-order valence-corrected chi connectivity index (χ1v) is 11.5. The molecule has 172 valence electrons. The van der Waals surface area contributed by atoms with Crippen molar-refractivity contribution < 1.29 is 23.5 Å². The second-order valence-electron chi connectivity index (χ2n) is 7.80. The normalized spacial score (nSPS) is 17.6. The minimum absolute atomic E-state index is 0.221. The van der Waals surface area contributed by atoms with Gasteiger partial charge in [-0.1, -0.05) is 0 Å². The average molecular weight is 470 g/mol. The van der Waals surface area contributed by atoms with Crippen LogP contribution in [0.4, 0.5) is 20.6 Å². The van der Waals surface area contributed by atoms with Crippen LogP contribution in [0.25, 0.3) is 6.08 Å². The number of carbonyl (C=O) groups excluding carboxylic acids is 3. The van der Waals surface area contributed by atoms with E-state index in [0.717, 1.165) is 48.3 Å². The molecule has 2 aliphatic rings. The lowest BCUT2D eigenvalue weighted by atomic mass is 10.1. The number of nitrogens with zero attached hydrogens (tertiary/aromatic N) is 2. The van der Waals surface area contributed by atoms with E-state index in [-0.39, 0.29) is 4.91 Å². The molecular weight excluding hydrogens is 445 g/mol. The number of benzene rings is 2. The van der Waals surface area contributed by atoms with Gasteiger partial charge in [0.15, 0.2) is 0 Å². The van der Waals surface area contributed by atoms with E-state index in [0.29, 0.717) is 17.0 Å². The summed E-state index contributed by atoms with van der Waals surface area (Å²) in [6, 6.07) is 11.0. The fourth-order valence-corrected chi connectivity index (χ4v) is 4.65. The van der Waals surface area contributed by atoms with Gasteiger partial charge in [-0.25, -0.2) is 4.39 Å². The standard InChI is InChI=1S/C24H24FN3O4S/c1-32-20-14-19(27-11-3-2-4-12-27)10-5-16(20)13-21-23(30)28(24(31)33-21)15-22(29)26-18-8-6-17(25)7-9-18/h5-10,13-14H,2-4,11-12,15H2,1H3,(H,26,29)/b21-13-. The molecule has 3 amide bonds. The lowest BCUT2D eigenvalue weighted by molar-refractivity contribution is -0.127. The zero-order valence-electron chi connectivity index (χ0n) is 18.2. The molecule has 0 radical (unpaired) electrons. The first-order chi connectivity index (χ1) is 15.9. The van der Waals surface area contributed by atoms with E-state index in [1.165, 1.54) is 30.7 Å². The maximum Gasteiger partial charge on any atom is 0.294 e. The number of anilines is 2. The van der Waals surface area contributed by atoms with Gasteiger partial charge in [-0.15, -0.1) is 0 Å². The average Bonchev–Trinajstić information content (AvgIpc) is 3.08. The summed E-state index contributed by atoms with van der Waals surface area (Å²) < 4.78 is 18.6.